The van der Waals surface area contributed by atoms with Crippen molar-refractivity contribution >= 4 is 40.3 Å². The molecule has 1 amide bonds. The van der Waals surface area contributed by atoms with E-state index in [0.29, 0.717) is 37.5 Å². The van der Waals surface area contributed by atoms with Crippen LogP contribution in [0.25, 0.3) is 16.7 Å². The number of ether oxygens (including phenoxy) is 2. The second-order valence-electron chi connectivity index (χ2n) is 7.72. The summed E-state index contributed by atoms with van der Waals surface area (Å²) in [6.07, 6.45) is 8.70. The maximum Gasteiger partial charge on any atom is 0.341 e. The van der Waals surface area contributed by atoms with Gasteiger partial charge < -0.3 is 14.0 Å². The summed E-state index contributed by atoms with van der Waals surface area (Å²) >= 11 is 1.50. The van der Waals surface area contributed by atoms with Crippen LogP contribution in [0.2, 0.25) is 0 Å². The van der Waals surface area contributed by atoms with Crippen LogP contribution in [-0.4, -0.2) is 51.9 Å². The van der Waals surface area contributed by atoms with E-state index >= 15 is 0 Å². The number of esters is 1. The van der Waals surface area contributed by atoms with Crippen LogP contribution in [0, 0.1) is 6.92 Å². The molecule has 0 aliphatic heterocycles. The molecule has 0 atom stereocenters. The Hall–Kier alpha value is -3.50. The SMILES string of the molecule is CCOCCCn1c(=NC(=O)/C=C/C=C\SC)c(C(=O)OCC)cc2c(=O)n3cccc(C)c3nc21. The number of hydrogen-bond acceptors (Lipinski definition) is 7. The third-order valence-electron chi connectivity index (χ3n) is 5.26. The molecule has 3 aromatic heterocycles. The zero-order valence-corrected chi connectivity index (χ0v) is 21.7. The first kappa shape index (κ1) is 27.1. The van der Waals surface area contributed by atoms with Crippen molar-refractivity contribution in [1.82, 2.24) is 14.0 Å². The maximum atomic E-state index is 13.5. The molecule has 0 unspecified atom stereocenters. The van der Waals surface area contributed by atoms with E-state index < -0.39 is 11.9 Å². The van der Waals surface area contributed by atoms with E-state index in [-0.39, 0.29) is 28.6 Å². The Morgan fingerprint density at radius 3 is 2.72 bits per heavy atom. The summed E-state index contributed by atoms with van der Waals surface area (Å²) < 4.78 is 13.8. The number of fused-ring (bicyclic) bond motifs is 2. The Bertz CT molecular complexity index is 1450. The zero-order valence-electron chi connectivity index (χ0n) is 20.9. The number of amides is 1. The predicted octanol–water partition coefficient (Wildman–Crippen LogP) is 3.42. The molecule has 3 aromatic rings. The van der Waals surface area contributed by atoms with Crippen LogP contribution in [0.15, 0.2) is 57.8 Å². The van der Waals surface area contributed by atoms with Gasteiger partial charge in [-0.15, -0.1) is 11.8 Å². The lowest BCUT2D eigenvalue weighted by Crippen LogP contribution is -2.33. The van der Waals surface area contributed by atoms with E-state index in [1.807, 2.05) is 31.6 Å². The van der Waals surface area contributed by atoms with E-state index in [0.717, 1.165) is 5.56 Å². The highest BCUT2D eigenvalue weighted by Gasteiger charge is 2.20. The lowest BCUT2D eigenvalue weighted by Gasteiger charge is -2.15. The molecule has 0 N–H and O–H groups in total. The molecule has 9 nitrogen and oxygen atoms in total. The predicted molar refractivity (Wildman–Crippen MR) is 141 cm³/mol. The number of allylic oxidation sites excluding steroid dienone is 2. The molecule has 0 aromatic carbocycles. The van der Waals surface area contributed by atoms with E-state index in [2.05, 4.69) is 4.99 Å². The molecule has 190 valence electrons. The monoisotopic (exact) mass is 510 g/mol. The van der Waals surface area contributed by atoms with Crippen molar-refractivity contribution in [2.75, 3.05) is 26.1 Å². The van der Waals surface area contributed by atoms with Crippen molar-refractivity contribution in [3.8, 4) is 0 Å². The minimum Gasteiger partial charge on any atom is -0.462 e. The van der Waals surface area contributed by atoms with Gasteiger partial charge in [0.05, 0.1) is 12.0 Å². The Morgan fingerprint density at radius 2 is 2.00 bits per heavy atom. The van der Waals surface area contributed by atoms with Gasteiger partial charge in [0, 0.05) is 32.0 Å². The molecule has 0 spiro atoms. The highest BCUT2D eigenvalue weighted by molar-refractivity contribution is 8.01. The van der Waals surface area contributed by atoms with Crippen LogP contribution >= 0.6 is 11.8 Å². The van der Waals surface area contributed by atoms with Gasteiger partial charge in [0.1, 0.15) is 16.9 Å². The van der Waals surface area contributed by atoms with Crippen molar-refractivity contribution in [2.45, 2.75) is 33.7 Å². The second-order valence-corrected chi connectivity index (χ2v) is 8.46. The molecule has 0 fully saturated rings. The molecule has 0 aliphatic carbocycles. The first-order valence-electron chi connectivity index (χ1n) is 11.7. The lowest BCUT2D eigenvalue weighted by molar-refractivity contribution is -0.113. The van der Waals surface area contributed by atoms with Crippen molar-refractivity contribution in [1.29, 1.82) is 0 Å². The van der Waals surface area contributed by atoms with Gasteiger partial charge in [-0.1, -0.05) is 18.2 Å². The summed E-state index contributed by atoms with van der Waals surface area (Å²) in [4.78, 5) is 48.2. The number of hydrogen-bond donors (Lipinski definition) is 0. The molecule has 0 saturated carbocycles. The Balaban J connectivity index is 2.38. The molecular weight excluding hydrogens is 480 g/mol. The van der Waals surface area contributed by atoms with Gasteiger partial charge in [-0.2, -0.15) is 4.99 Å². The summed E-state index contributed by atoms with van der Waals surface area (Å²) in [6.45, 7) is 6.91. The summed E-state index contributed by atoms with van der Waals surface area (Å²) in [5.41, 5.74) is 1.40. The topological polar surface area (TPSA) is 104 Å². The fraction of sp³-hybridized carbons (Fsp3) is 0.346. The van der Waals surface area contributed by atoms with E-state index in [4.69, 9.17) is 14.5 Å². The summed E-state index contributed by atoms with van der Waals surface area (Å²) in [6, 6.07) is 5.04. The standard InChI is InChI=1S/C26H30N4O5S/c1-5-34-15-10-14-29-23-19(25(32)30-13-9-11-18(3)22(30)28-23)17-20(26(33)35-6-2)24(29)27-21(31)12-7-8-16-36-4/h7-9,11-13,16-17H,5-6,10,14-15H2,1-4H3/b12-7+,16-8-,27-24?. The average molecular weight is 511 g/mol. The summed E-state index contributed by atoms with van der Waals surface area (Å²) in [5, 5.41) is 2.05. The Labute approximate surface area is 213 Å². The van der Waals surface area contributed by atoms with Gasteiger partial charge in [0.2, 0.25) is 0 Å². The molecule has 0 radical (unpaired) electrons. The van der Waals surface area contributed by atoms with Gasteiger partial charge in [-0.05, 0) is 56.6 Å². The van der Waals surface area contributed by atoms with Gasteiger partial charge in [0.25, 0.3) is 11.5 Å². The second kappa shape index (κ2) is 13.0. The largest absolute Gasteiger partial charge is 0.462 e. The normalized spacial score (nSPS) is 12.4. The smallest absolute Gasteiger partial charge is 0.341 e. The molecule has 0 bridgehead atoms. The van der Waals surface area contributed by atoms with Crippen LogP contribution in [0.1, 0.15) is 36.2 Å². The molecular formula is C26H30N4O5S. The minimum absolute atomic E-state index is 0.0219. The van der Waals surface area contributed by atoms with Crippen molar-refractivity contribution in [2.24, 2.45) is 4.99 Å². The van der Waals surface area contributed by atoms with E-state index in [9.17, 15) is 14.4 Å². The maximum absolute atomic E-state index is 13.5. The highest BCUT2D eigenvalue weighted by Crippen LogP contribution is 2.14. The van der Waals surface area contributed by atoms with Crippen molar-refractivity contribution < 1.29 is 19.1 Å². The first-order chi connectivity index (χ1) is 17.4. The number of pyridine rings is 2. The minimum atomic E-state index is -0.676. The number of rotatable bonds is 10. The number of aromatic nitrogens is 3. The molecule has 0 saturated heterocycles. The van der Waals surface area contributed by atoms with E-state index in [1.54, 1.807) is 35.9 Å². The van der Waals surface area contributed by atoms with Crippen LogP contribution < -0.4 is 11.0 Å². The zero-order chi connectivity index (χ0) is 26.1. The number of thioether (sulfide) groups is 1. The van der Waals surface area contributed by atoms with Crippen LogP contribution in [0.5, 0.6) is 0 Å². The van der Waals surface area contributed by atoms with Crippen LogP contribution in [0.4, 0.5) is 0 Å². The fourth-order valence-corrected chi connectivity index (χ4v) is 3.90. The Kier molecular flexibility index (Phi) is 9.77. The van der Waals surface area contributed by atoms with Gasteiger partial charge in [-0.3, -0.25) is 14.0 Å². The molecule has 3 rings (SSSR count). The summed E-state index contributed by atoms with van der Waals surface area (Å²) in [5.74, 6) is -1.23. The van der Waals surface area contributed by atoms with Crippen molar-refractivity contribution in [3.63, 3.8) is 0 Å². The first-order valence-corrected chi connectivity index (χ1v) is 13.0. The van der Waals surface area contributed by atoms with E-state index in [1.165, 1.54) is 28.3 Å². The molecule has 10 heteroatoms. The third-order valence-corrected chi connectivity index (χ3v) is 5.68. The number of carbonyl (C=O) groups excluding carboxylic acids is 2. The van der Waals surface area contributed by atoms with Crippen LogP contribution in [0.3, 0.4) is 0 Å². The van der Waals surface area contributed by atoms with Gasteiger partial charge in [-0.25, -0.2) is 9.78 Å². The molecule has 3 heterocycles. The third kappa shape index (κ3) is 6.19. The number of carbonyl (C=O) groups is 2. The Morgan fingerprint density at radius 1 is 1.19 bits per heavy atom. The highest BCUT2D eigenvalue weighted by atomic mass is 32.2. The van der Waals surface area contributed by atoms with Gasteiger partial charge >= 0.3 is 5.97 Å². The lowest BCUT2D eigenvalue weighted by atomic mass is 10.2. The summed E-state index contributed by atoms with van der Waals surface area (Å²) in [7, 11) is 0. The number of aryl methyl sites for hydroxylation is 2. The van der Waals surface area contributed by atoms with Crippen molar-refractivity contribution in [3.05, 3.63) is 75.0 Å². The van der Waals surface area contributed by atoms with Gasteiger partial charge in [0.15, 0.2) is 5.49 Å². The fourth-order valence-electron chi connectivity index (χ4n) is 3.65. The number of nitrogens with zero attached hydrogens (tertiary/aromatic N) is 4. The molecule has 0 aliphatic rings. The van der Waals surface area contributed by atoms with Crippen LogP contribution in [-0.2, 0) is 20.8 Å². The average Bonchev–Trinajstić information content (AvgIpc) is 2.86. The molecule has 36 heavy (non-hydrogen) atoms. The quantitative estimate of drug-likeness (QED) is 0.135.